The molecule has 0 saturated carbocycles. The Morgan fingerprint density at radius 2 is 1.86 bits per heavy atom. The Morgan fingerprint density at radius 3 is 2.36 bits per heavy atom. The Labute approximate surface area is 81.6 Å². The van der Waals surface area contributed by atoms with Gasteiger partial charge in [0.05, 0.1) is 13.3 Å². The number of rotatable bonds is 5. The van der Waals surface area contributed by atoms with E-state index in [-0.39, 0.29) is 19.2 Å². The topological polar surface area (TPSA) is 54.6 Å². The van der Waals surface area contributed by atoms with Crippen LogP contribution in [0.3, 0.4) is 0 Å². The Bertz CT molecular complexity index is 342. The summed E-state index contributed by atoms with van der Waals surface area (Å²) in [5.74, 6) is 0.453. The monoisotopic (exact) mass is 202 g/mol. The van der Waals surface area contributed by atoms with Gasteiger partial charge in [-0.1, -0.05) is 0 Å². The van der Waals surface area contributed by atoms with Gasteiger partial charge in [0.2, 0.25) is 5.88 Å². The van der Waals surface area contributed by atoms with Crippen molar-refractivity contribution in [3.63, 3.8) is 0 Å². The largest absolute Gasteiger partial charge is 0.481 e. The molecule has 0 N–H and O–H groups in total. The minimum Gasteiger partial charge on any atom is -0.481 e. The first kappa shape index (κ1) is 10.8. The molecule has 0 bridgehead atoms. The fourth-order valence-corrected chi connectivity index (χ4v) is 1.15. The van der Waals surface area contributed by atoms with E-state index < -0.39 is 0 Å². The Kier molecular flexibility index (Phi) is 3.73. The Morgan fingerprint density at radius 1 is 1.21 bits per heavy atom. The first-order valence-electron chi connectivity index (χ1n) is 4.06. The standard InChI is InChI=1S/C8H14N2O4/c1-12-5-9-4-7(14-3)10(6-13-2)8(9)11/h4H,5-6H2,1-3H3. The minimum absolute atomic E-state index is 0.165. The van der Waals surface area contributed by atoms with Crippen LogP contribution >= 0.6 is 0 Å². The first-order chi connectivity index (χ1) is 6.74. The van der Waals surface area contributed by atoms with Crippen molar-refractivity contribution >= 4 is 0 Å². The lowest BCUT2D eigenvalue weighted by molar-refractivity contribution is 0.111. The minimum atomic E-state index is -0.217. The van der Waals surface area contributed by atoms with Crippen molar-refractivity contribution in [2.75, 3.05) is 21.3 Å². The number of hydrogen-bond donors (Lipinski definition) is 0. The average molecular weight is 202 g/mol. The van der Waals surface area contributed by atoms with Gasteiger partial charge in [0, 0.05) is 14.2 Å². The van der Waals surface area contributed by atoms with Crippen LogP contribution in [-0.2, 0) is 22.9 Å². The van der Waals surface area contributed by atoms with E-state index in [9.17, 15) is 4.79 Å². The fourth-order valence-electron chi connectivity index (χ4n) is 1.15. The highest BCUT2D eigenvalue weighted by Crippen LogP contribution is 2.07. The Balaban J connectivity index is 3.05. The second-order valence-electron chi connectivity index (χ2n) is 2.69. The van der Waals surface area contributed by atoms with Crippen molar-refractivity contribution in [3.8, 4) is 5.88 Å². The van der Waals surface area contributed by atoms with Gasteiger partial charge in [-0.25, -0.2) is 9.36 Å². The van der Waals surface area contributed by atoms with Crippen molar-refractivity contribution in [3.05, 3.63) is 16.7 Å². The molecule has 1 heterocycles. The summed E-state index contributed by atoms with van der Waals surface area (Å²) in [4.78, 5) is 11.6. The SMILES string of the molecule is COCn1cc(OC)n(COC)c1=O. The van der Waals surface area contributed by atoms with Gasteiger partial charge in [-0.3, -0.25) is 4.57 Å². The van der Waals surface area contributed by atoms with E-state index >= 15 is 0 Å². The quantitative estimate of drug-likeness (QED) is 0.667. The predicted molar refractivity (Wildman–Crippen MR) is 49.3 cm³/mol. The van der Waals surface area contributed by atoms with E-state index in [1.165, 1.54) is 30.5 Å². The van der Waals surface area contributed by atoms with Crippen LogP contribution in [0.2, 0.25) is 0 Å². The van der Waals surface area contributed by atoms with E-state index in [0.717, 1.165) is 0 Å². The van der Waals surface area contributed by atoms with Crippen LogP contribution in [0.25, 0.3) is 0 Å². The van der Waals surface area contributed by atoms with Crippen LogP contribution in [0.4, 0.5) is 0 Å². The van der Waals surface area contributed by atoms with E-state index in [0.29, 0.717) is 5.88 Å². The molecule has 0 atom stereocenters. The predicted octanol–water partition coefficient (Wildman–Crippen LogP) is -0.134. The maximum atomic E-state index is 11.6. The second-order valence-corrected chi connectivity index (χ2v) is 2.69. The summed E-state index contributed by atoms with van der Waals surface area (Å²) < 4.78 is 17.5. The van der Waals surface area contributed by atoms with Crippen molar-refractivity contribution in [1.82, 2.24) is 9.13 Å². The lowest BCUT2D eigenvalue weighted by atomic mass is 10.8. The van der Waals surface area contributed by atoms with E-state index in [2.05, 4.69) is 0 Å². The summed E-state index contributed by atoms with van der Waals surface area (Å²) in [7, 11) is 4.53. The molecule has 0 saturated heterocycles. The zero-order chi connectivity index (χ0) is 10.6. The van der Waals surface area contributed by atoms with Crippen molar-refractivity contribution in [1.29, 1.82) is 0 Å². The average Bonchev–Trinajstić information content (AvgIpc) is 2.47. The highest BCUT2D eigenvalue weighted by molar-refractivity contribution is 5.06. The molecule has 1 rings (SSSR count). The highest BCUT2D eigenvalue weighted by Gasteiger charge is 2.10. The molecule has 6 heteroatoms. The summed E-state index contributed by atoms with van der Waals surface area (Å²) in [6.45, 7) is 0.366. The number of nitrogens with zero attached hydrogens (tertiary/aromatic N) is 2. The molecular weight excluding hydrogens is 188 g/mol. The van der Waals surface area contributed by atoms with Gasteiger partial charge < -0.3 is 14.2 Å². The van der Waals surface area contributed by atoms with Crippen LogP contribution in [-0.4, -0.2) is 30.5 Å². The molecular formula is C8H14N2O4. The van der Waals surface area contributed by atoms with Gasteiger partial charge >= 0.3 is 5.69 Å². The van der Waals surface area contributed by atoms with E-state index in [1.54, 1.807) is 6.20 Å². The van der Waals surface area contributed by atoms with Gasteiger partial charge in [-0.15, -0.1) is 0 Å². The molecule has 0 radical (unpaired) electrons. The number of aromatic nitrogens is 2. The van der Waals surface area contributed by atoms with E-state index in [4.69, 9.17) is 14.2 Å². The summed E-state index contributed by atoms with van der Waals surface area (Å²) in [5.41, 5.74) is -0.217. The van der Waals surface area contributed by atoms with Crippen LogP contribution in [0.1, 0.15) is 0 Å². The van der Waals surface area contributed by atoms with E-state index in [1.807, 2.05) is 0 Å². The molecule has 0 amide bonds. The molecule has 1 aromatic heterocycles. The molecule has 6 nitrogen and oxygen atoms in total. The zero-order valence-corrected chi connectivity index (χ0v) is 8.52. The maximum absolute atomic E-state index is 11.6. The maximum Gasteiger partial charge on any atom is 0.334 e. The van der Waals surface area contributed by atoms with Gasteiger partial charge in [-0.2, -0.15) is 0 Å². The number of hydrogen-bond acceptors (Lipinski definition) is 4. The lowest BCUT2D eigenvalue weighted by Crippen LogP contribution is -2.25. The summed E-state index contributed by atoms with van der Waals surface area (Å²) >= 11 is 0. The molecule has 0 aromatic carbocycles. The van der Waals surface area contributed by atoms with Crippen molar-refractivity contribution < 1.29 is 14.2 Å². The van der Waals surface area contributed by atoms with Crippen molar-refractivity contribution in [2.24, 2.45) is 0 Å². The van der Waals surface area contributed by atoms with Crippen LogP contribution in [0.5, 0.6) is 5.88 Å². The van der Waals surface area contributed by atoms with Crippen LogP contribution in [0, 0.1) is 0 Å². The zero-order valence-electron chi connectivity index (χ0n) is 8.52. The molecule has 0 fully saturated rings. The molecule has 0 spiro atoms. The smallest absolute Gasteiger partial charge is 0.334 e. The van der Waals surface area contributed by atoms with Crippen LogP contribution < -0.4 is 10.4 Å². The summed E-state index contributed by atoms with van der Waals surface area (Å²) in [5, 5.41) is 0. The van der Waals surface area contributed by atoms with Gasteiger partial charge in [0.1, 0.15) is 13.5 Å². The third-order valence-corrected chi connectivity index (χ3v) is 1.74. The molecule has 0 aliphatic heterocycles. The van der Waals surface area contributed by atoms with Gasteiger partial charge in [0.25, 0.3) is 0 Å². The number of methoxy groups -OCH3 is 3. The highest BCUT2D eigenvalue weighted by atomic mass is 16.5. The molecule has 80 valence electrons. The fraction of sp³-hybridized carbons (Fsp3) is 0.625. The first-order valence-corrected chi connectivity index (χ1v) is 4.06. The molecule has 0 aliphatic carbocycles. The molecule has 0 aliphatic rings. The normalized spacial score (nSPS) is 10.5. The van der Waals surface area contributed by atoms with Gasteiger partial charge in [0.15, 0.2) is 0 Å². The molecule has 0 unspecified atom stereocenters. The number of imidazole rings is 1. The van der Waals surface area contributed by atoms with Crippen molar-refractivity contribution in [2.45, 2.75) is 13.5 Å². The summed E-state index contributed by atoms with van der Waals surface area (Å²) in [6, 6.07) is 0. The van der Waals surface area contributed by atoms with Gasteiger partial charge in [-0.05, 0) is 0 Å². The summed E-state index contributed by atoms with van der Waals surface area (Å²) in [6.07, 6.45) is 1.57. The molecule has 1 aromatic rings. The third kappa shape index (κ3) is 1.97. The Hall–Kier alpha value is -1.27. The number of ether oxygens (including phenoxy) is 3. The lowest BCUT2D eigenvalue weighted by Gasteiger charge is -2.02. The molecule has 14 heavy (non-hydrogen) atoms. The second kappa shape index (κ2) is 4.83. The van der Waals surface area contributed by atoms with Crippen LogP contribution in [0.15, 0.2) is 11.0 Å². The third-order valence-electron chi connectivity index (χ3n) is 1.74.